The monoisotopic (exact) mass is 532 g/mol. The third-order valence-corrected chi connectivity index (χ3v) is 8.78. The van der Waals surface area contributed by atoms with Crippen LogP contribution < -0.4 is 10.0 Å². The van der Waals surface area contributed by atoms with Crippen LogP contribution >= 0.6 is 11.6 Å². The number of hydrogen-bond donors (Lipinski definition) is 2. The van der Waals surface area contributed by atoms with Gasteiger partial charge in [0.2, 0.25) is 0 Å². The van der Waals surface area contributed by atoms with Crippen molar-refractivity contribution < 1.29 is 18.0 Å². The fourth-order valence-corrected chi connectivity index (χ4v) is 6.28. The topological polar surface area (TPSA) is 98.8 Å². The number of carbonyl (C=O) groups is 2. The molecule has 0 saturated carbocycles. The Labute approximate surface area is 218 Å². The minimum absolute atomic E-state index is 0.0341. The van der Waals surface area contributed by atoms with E-state index in [9.17, 15) is 18.0 Å². The van der Waals surface area contributed by atoms with Crippen LogP contribution in [0.3, 0.4) is 0 Å². The number of hydrogen-bond acceptors (Lipinski definition) is 5. The van der Waals surface area contributed by atoms with E-state index < -0.39 is 10.2 Å². The predicted molar refractivity (Wildman–Crippen MR) is 140 cm³/mol. The molecule has 2 aromatic carbocycles. The molecule has 0 aromatic heterocycles. The molecule has 4 rings (SSSR count). The van der Waals surface area contributed by atoms with E-state index in [4.69, 9.17) is 11.6 Å². The van der Waals surface area contributed by atoms with E-state index in [2.05, 4.69) is 17.0 Å². The highest BCUT2D eigenvalue weighted by atomic mass is 35.5. The number of amides is 2. The number of nitrogens with zero attached hydrogens (tertiary/aromatic N) is 2. The third kappa shape index (κ3) is 6.33. The van der Waals surface area contributed by atoms with Gasteiger partial charge in [-0.25, -0.2) is 0 Å². The van der Waals surface area contributed by atoms with Gasteiger partial charge in [0.25, 0.3) is 22.0 Å². The van der Waals surface area contributed by atoms with Crippen LogP contribution in [-0.2, 0) is 16.8 Å². The van der Waals surface area contributed by atoms with Crippen LogP contribution in [0.5, 0.6) is 0 Å². The predicted octanol–water partition coefficient (Wildman–Crippen LogP) is 3.59. The van der Waals surface area contributed by atoms with Crippen molar-refractivity contribution in [3.05, 3.63) is 70.2 Å². The fourth-order valence-electron chi connectivity index (χ4n) is 4.88. The Morgan fingerprint density at radius 1 is 1.03 bits per heavy atom. The third-order valence-electron chi connectivity index (χ3n) is 6.97. The summed E-state index contributed by atoms with van der Waals surface area (Å²) in [5, 5.41) is 4.11. The quantitative estimate of drug-likeness (QED) is 0.407. The van der Waals surface area contributed by atoms with Gasteiger partial charge < -0.3 is 5.32 Å². The molecule has 2 N–H and O–H groups in total. The van der Waals surface area contributed by atoms with Gasteiger partial charge >= 0.3 is 0 Å². The van der Waals surface area contributed by atoms with E-state index in [1.165, 1.54) is 9.21 Å². The van der Waals surface area contributed by atoms with Crippen LogP contribution in [-0.4, -0.2) is 61.2 Å². The highest BCUT2D eigenvalue weighted by molar-refractivity contribution is 7.87. The second-order valence-corrected chi connectivity index (χ2v) is 11.9. The largest absolute Gasteiger partial charge is 0.312 e. The van der Waals surface area contributed by atoms with Crippen LogP contribution in [0.25, 0.3) is 0 Å². The molecule has 0 spiro atoms. The van der Waals surface area contributed by atoms with Crippen molar-refractivity contribution in [3.63, 3.8) is 0 Å². The van der Waals surface area contributed by atoms with Gasteiger partial charge in [-0.1, -0.05) is 35.9 Å². The second-order valence-electron chi connectivity index (χ2n) is 9.71. The zero-order valence-corrected chi connectivity index (χ0v) is 22.1. The average Bonchev–Trinajstić information content (AvgIpc) is 3.40. The SMILES string of the molecule is C[C@@]1(CCCN(CCCN2C(=O)c3ccccc3C2=O)S(=O)(=O)NCc2ccc(Cl)cc2)CCCN1. The molecule has 8 nitrogen and oxygen atoms in total. The summed E-state index contributed by atoms with van der Waals surface area (Å²) >= 11 is 5.93. The number of nitrogens with one attached hydrogen (secondary N) is 2. The Morgan fingerprint density at radius 2 is 1.67 bits per heavy atom. The molecule has 194 valence electrons. The Bertz CT molecular complexity index is 1160. The number of fused-ring (bicyclic) bond motifs is 1. The molecule has 2 aromatic rings. The van der Waals surface area contributed by atoms with Crippen molar-refractivity contribution in [2.45, 2.75) is 51.1 Å². The van der Waals surface area contributed by atoms with Gasteiger partial charge in [-0.05, 0) is 75.4 Å². The van der Waals surface area contributed by atoms with E-state index in [0.29, 0.717) is 35.5 Å². The van der Waals surface area contributed by atoms with Crippen molar-refractivity contribution in [3.8, 4) is 0 Å². The summed E-state index contributed by atoms with van der Waals surface area (Å²) < 4.78 is 30.6. The fraction of sp³-hybridized carbons (Fsp3) is 0.462. The number of halogens is 1. The number of benzene rings is 2. The van der Waals surface area contributed by atoms with Gasteiger partial charge in [0.1, 0.15) is 0 Å². The Kier molecular flexibility index (Phi) is 8.47. The molecule has 2 aliphatic heterocycles. The van der Waals surface area contributed by atoms with Crippen molar-refractivity contribution in [2.24, 2.45) is 0 Å². The first kappa shape index (κ1) is 26.8. The summed E-state index contributed by atoms with van der Waals surface area (Å²) in [4.78, 5) is 26.5. The molecular formula is C26H33ClN4O4S. The Hall–Kier alpha value is -2.30. The second kappa shape index (κ2) is 11.4. The van der Waals surface area contributed by atoms with Crippen molar-refractivity contribution >= 4 is 33.6 Å². The first-order chi connectivity index (χ1) is 17.2. The lowest BCUT2D eigenvalue weighted by Gasteiger charge is -2.27. The van der Waals surface area contributed by atoms with Crippen molar-refractivity contribution in [2.75, 3.05) is 26.2 Å². The maximum absolute atomic E-state index is 13.2. The molecule has 36 heavy (non-hydrogen) atoms. The molecule has 0 aliphatic carbocycles. The molecule has 2 aliphatic rings. The van der Waals surface area contributed by atoms with Gasteiger partial charge in [-0.15, -0.1) is 0 Å². The molecule has 1 atom stereocenters. The summed E-state index contributed by atoms with van der Waals surface area (Å²) in [7, 11) is -3.78. The van der Waals surface area contributed by atoms with Crippen LogP contribution in [0.1, 0.15) is 65.3 Å². The van der Waals surface area contributed by atoms with Gasteiger partial charge in [-0.2, -0.15) is 17.4 Å². The standard InChI is InChI=1S/C26H33ClN4O4S/c1-26(13-4-15-28-26)14-5-16-30(36(34,35)29-19-20-9-11-21(27)12-10-20)17-6-18-31-24(32)22-7-2-3-8-23(22)25(31)33/h2-3,7-12,28-29H,4-6,13-19H2,1H3/t26-/m0/s1. The van der Waals surface area contributed by atoms with Crippen LogP contribution in [0.2, 0.25) is 5.02 Å². The smallest absolute Gasteiger partial charge is 0.279 e. The lowest BCUT2D eigenvalue weighted by atomic mass is 9.94. The lowest BCUT2D eigenvalue weighted by Crippen LogP contribution is -2.43. The Balaban J connectivity index is 1.38. The molecule has 0 bridgehead atoms. The lowest BCUT2D eigenvalue weighted by molar-refractivity contribution is 0.0650. The van der Waals surface area contributed by atoms with E-state index in [1.807, 2.05) is 0 Å². The maximum atomic E-state index is 13.2. The highest BCUT2D eigenvalue weighted by Crippen LogP contribution is 2.25. The van der Waals surface area contributed by atoms with Gasteiger partial charge in [0.15, 0.2) is 0 Å². The van der Waals surface area contributed by atoms with Crippen LogP contribution in [0, 0.1) is 0 Å². The minimum atomic E-state index is -3.78. The average molecular weight is 533 g/mol. The van der Waals surface area contributed by atoms with Gasteiger partial charge in [-0.3, -0.25) is 14.5 Å². The zero-order chi connectivity index (χ0) is 25.8. The van der Waals surface area contributed by atoms with Crippen LogP contribution in [0.4, 0.5) is 0 Å². The molecule has 0 radical (unpaired) electrons. The van der Waals surface area contributed by atoms with E-state index in [-0.39, 0.29) is 37.0 Å². The summed E-state index contributed by atoms with van der Waals surface area (Å²) in [5.41, 5.74) is 1.63. The van der Waals surface area contributed by atoms with E-state index in [1.54, 1.807) is 48.5 Å². The molecule has 10 heteroatoms. The van der Waals surface area contributed by atoms with Crippen molar-refractivity contribution in [1.82, 2.24) is 19.2 Å². The highest BCUT2D eigenvalue weighted by Gasteiger charge is 2.35. The number of carbonyl (C=O) groups excluding carboxylic acids is 2. The minimum Gasteiger partial charge on any atom is -0.312 e. The first-order valence-corrected chi connectivity index (χ1v) is 14.2. The number of rotatable bonds is 12. The van der Waals surface area contributed by atoms with Gasteiger partial charge in [0, 0.05) is 36.7 Å². The maximum Gasteiger partial charge on any atom is 0.279 e. The van der Waals surface area contributed by atoms with E-state index in [0.717, 1.165) is 31.4 Å². The molecule has 1 fully saturated rings. The van der Waals surface area contributed by atoms with Gasteiger partial charge in [0.05, 0.1) is 11.1 Å². The number of imide groups is 1. The normalized spacial score (nSPS) is 19.9. The summed E-state index contributed by atoms with van der Waals surface area (Å²) in [6, 6.07) is 13.8. The summed E-state index contributed by atoms with van der Waals surface area (Å²) in [5.74, 6) is -0.655. The molecule has 1 saturated heterocycles. The van der Waals surface area contributed by atoms with Crippen LogP contribution in [0.15, 0.2) is 48.5 Å². The zero-order valence-electron chi connectivity index (χ0n) is 20.5. The molecule has 2 amide bonds. The summed E-state index contributed by atoms with van der Waals surface area (Å²) in [6.45, 7) is 4.03. The Morgan fingerprint density at radius 3 is 2.28 bits per heavy atom. The molecule has 2 heterocycles. The first-order valence-electron chi connectivity index (χ1n) is 12.4. The molecular weight excluding hydrogens is 500 g/mol. The van der Waals surface area contributed by atoms with Crippen molar-refractivity contribution in [1.29, 1.82) is 0 Å². The van der Waals surface area contributed by atoms with E-state index >= 15 is 0 Å². The summed E-state index contributed by atoms with van der Waals surface area (Å²) in [6.07, 6.45) is 4.13. The molecule has 0 unspecified atom stereocenters.